The average Bonchev–Trinajstić information content (AvgIpc) is 2.74. The number of allylic oxidation sites excluding steroid dienone is 1. The van der Waals surface area contributed by atoms with Gasteiger partial charge in [-0.1, -0.05) is 12.1 Å². The van der Waals surface area contributed by atoms with Crippen LogP contribution in [0.1, 0.15) is 25.8 Å². The number of hydrogen-bond donors (Lipinski definition) is 6. The molecule has 1 aliphatic heterocycles. The molecule has 0 fully saturated rings. The summed E-state index contributed by atoms with van der Waals surface area (Å²) in [5.74, 6) is -0.101. The lowest BCUT2D eigenvalue weighted by Gasteiger charge is -2.32. The number of alkyl halides is 3. The zero-order chi connectivity index (χ0) is 24.1. The van der Waals surface area contributed by atoms with Gasteiger partial charge in [-0.2, -0.15) is 13.2 Å². The van der Waals surface area contributed by atoms with E-state index in [9.17, 15) is 23.1 Å². The first-order valence-electron chi connectivity index (χ1n) is 9.87. The van der Waals surface area contributed by atoms with Crippen LogP contribution in [0, 0.1) is 10.8 Å². The standard InChI is InChI=1S/C21H27F3N6O2/c1-12(11-31)28-18-7-8-30(13(2)32)10-17(18)20(27)29-15-5-3-14(4-6-15)16(9-25)19(26)21(22,23)24/h3-6,9,12,26,28,31H,7-8,10-11,25H2,1-2H3,(H2,27,29)/b16-9-,26-19?. The normalized spacial score (nSPS) is 15.9. The summed E-state index contributed by atoms with van der Waals surface area (Å²) >= 11 is 0. The molecule has 0 saturated heterocycles. The summed E-state index contributed by atoms with van der Waals surface area (Å²) < 4.78 is 38.6. The number of amidine groups is 1. The Hall–Kier alpha value is -3.34. The Bertz CT molecular complexity index is 938. The summed E-state index contributed by atoms with van der Waals surface area (Å²) in [6.45, 7) is 3.84. The number of nitrogens with one attached hydrogen (secondary N) is 4. The summed E-state index contributed by atoms with van der Waals surface area (Å²) in [5, 5.41) is 31.2. The van der Waals surface area contributed by atoms with Crippen LogP contribution in [0.25, 0.3) is 5.57 Å². The highest BCUT2D eigenvalue weighted by molar-refractivity contribution is 6.24. The molecule has 1 amide bonds. The van der Waals surface area contributed by atoms with Crippen LogP contribution in [-0.4, -0.2) is 59.4 Å². The lowest BCUT2D eigenvalue weighted by atomic mass is 10.0. The molecule has 0 radical (unpaired) electrons. The SMILES string of the molecule is CC(=O)N1CCC(NC(C)CO)=C(C(=N)Nc2ccc(/C(=C/N)C(=N)C(F)(F)F)cc2)C1. The van der Waals surface area contributed by atoms with Crippen molar-refractivity contribution in [3.8, 4) is 0 Å². The zero-order valence-electron chi connectivity index (χ0n) is 17.8. The third-order valence-electron chi connectivity index (χ3n) is 4.97. The first-order valence-corrected chi connectivity index (χ1v) is 9.87. The Morgan fingerprint density at radius 3 is 2.44 bits per heavy atom. The fourth-order valence-electron chi connectivity index (χ4n) is 3.19. The van der Waals surface area contributed by atoms with Crippen LogP contribution < -0.4 is 16.4 Å². The molecule has 1 atom stereocenters. The number of aliphatic hydroxyl groups is 1. The fraction of sp³-hybridized carbons (Fsp3) is 0.381. The number of carbonyl (C=O) groups excluding carboxylic acids is 1. The highest BCUT2D eigenvalue weighted by Crippen LogP contribution is 2.27. The zero-order valence-corrected chi connectivity index (χ0v) is 17.8. The second-order valence-electron chi connectivity index (χ2n) is 7.41. The van der Waals surface area contributed by atoms with Crippen molar-refractivity contribution in [2.45, 2.75) is 32.5 Å². The summed E-state index contributed by atoms with van der Waals surface area (Å²) in [7, 11) is 0. The number of anilines is 1. The Labute approximate surface area is 184 Å². The van der Waals surface area contributed by atoms with Gasteiger partial charge in [-0.25, -0.2) is 0 Å². The third-order valence-corrected chi connectivity index (χ3v) is 4.97. The number of aliphatic hydroxyl groups excluding tert-OH is 1. The molecule has 8 nitrogen and oxygen atoms in total. The van der Waals surface area contributed by atoms with E-state index in [1.165, 1.54) is 31.2 Å². The number of amides is 1. The van der Waals surface area contributed by atoms with Gasteiger partial charge in [0.2, 0.25) is 5.91 Å². The molecule has 32 heavy (non-hydrogen) atoms. The molecule has 0 bridgehead atoms. The lowest BCUT2D eigenvalue weighted by molar-refractivity contribution is -0.128. The van der Waals surface area contributed by atoms with E-state index in [1.807, 2.05) is 0 Å². The summed E-state index contributed by atoms with van der Waals surface area (Å²) in [6.07, 6.45) is -3.59. The predicted molar refractivity (Wildman–Crippen MR) is 117 cm³/mol. The number of nitrogens with zero attached hydrogens (tertiary/aromatic N) is 1. The molecule has 1 aromatic rings. The van der Waals surface area contributed by atoms with Gasteiger partial charge in [-0.15, -0.1) is 0 Å². The van der Waals surface area contributed by atoms with Crippen molar-refractivity contribution < 1.29 is 23.1 Å². The topological polar surface area (TPSA) is 138 Å². The molecule has 0 aromatic heterocycles. The van der Waals surface area contributed by atoms with E-state index in [1.54, 1.807) is 11.8 Å². The minimum Gasteiger partial charge on any atom is -0.404 e. The number of nitrogens with two attached hydrogens (primary N) is 1. The first kappa shape index (κ1) is 24.9. The van der Waals surface area contributed by atoms with Crippen LogP contribution in [0.4, 0.5) is 18.9 Å². The smallest absolute Gasteiger partial charge is 0.404 e. The molecule has 1 aliphatic rings. The Morgan fingerprint density at radius 1 is 1.31 bits per heavy atom. The third kappa shape index (κ3) is 6.10. The highest BCUT2D eigenvalue weighted by atomic mass is 19.4. The van der Waals surface area contributed by atoms with Gasteiger partial charge in [0.05, 0.1) is 13.2 Å². The summed E-state index contributed by atoms with van der Waals surface area (Å²) in [4.78, 5) is 13.4. The van der Waals surface area contributed by atoms with E-state index in [0.29, 0.717) is 24.2 Å². The molecule has 1 heterocycles. The average molecular weight is 452 g/mol. The van der Waals surface area contributed by atoms with Crippen LogP contribution in [0.15, 0.2) is 41.7 Å². The first-order chi connectivity index (χ1) is 15.0. The van der Waals surface area contributed by atoms with Gasteiger partial charge in [-0.3, -0.25) is 15.6 Å². The highest BCUT2D eigenvalue weighted by Gasteiger charge is 2.37. The minimum atomic E-state index is -4.82. The molecule has 11 heteroatoms. The Morgan fingerprint density at radius 2 is 1.94 bits per heavy atom. The fourth-order valence-corrected chi connectivity index (χ4v) is 3.19. The monoisotopic (exact) mass is 452 g/mol. The largest absolute Gasteiger partial charge is 0.433 e. The quantitative estimate of drug-likeness (QED) is 0.279. The second kappa shape index (κ2) is 10.3. The minimum absolute atomic E-state index is 0.0222. The maximum atomic E-state index is 12.9. The van der Waals surface area contributed by atoms with E-state index in [2.05, 4.69) is 10.6 Å². The van der Waals surface area contributed by atoms with Crippen molar-refractivity contribution >= 4 is 28.7 Å². The molecule has 0 saturated carbocycles. The molecule has 1 unspecified atom stereocenters. The van der Waals surface area contributed by atoms with Crippen molar-refractivity contribution in [2.24, 2.45) is 5.73 Å². The van der Waals surface area contributed by atoms with Crippen LogP contribution in [0.2, 0.25) is 0 Å². The van der Waals surface area contributed by atoms with E-state index in [-0.39, 0.29) is 36.5 Å². The number of hydrogen-bond acceptors (Lipinski definition) is 6. The number of carbonyl (C=O) groups is 1. The number of benzene rings is 1. The summed E-state index contributed by atoms with van der Waals surface area (Å²) in [6, 6.07) is 5.47. The van der Waals surface area contributed by atoms with Crippen molar-refractivity contribution in [1.29, 1.82) is 10.8 Å². The van der Waals surface area contributed by atoms with Gasteiger partial charge < -0.3 is 26.4 Å². The van der Waals surface area contributed by atoms with Crippen molar-refractivity contribution in [2.75, 3.05) is 25.0 Å². The molecule has 1 aromatic carbocycles. The Balaban J connectivity index is 2.24. The molecule has 174 valence electrons. The predicted octanol–water partition coefficient (Wildman–Crippen LogP) is 2.43. The van der Waals surface area contributed by atoms with Gasteiger partial charge in [0.25, 0.3) is 0 Å². The van der Waals surface area contributed by atoms with Crippen LogP contribution in [0.5, 0.6) is 0 Å². The second-order valence-corrected chi connectivity index (χ2v) is 7.41. The number of halogens is 3. The van der Waals surface area contributed by atoms with Gasteiger partial charge in [0.15, 0.2) is 0 Å². The Kier molecular flexibility index (Phi) is 8.03. The van der Waals surface area contributed by atoms with Crippen LogP contribution >= 0.6 is 0 Å². The maximum absolute atomic E-state index is 12.9. The molecule has 7 N–H and O–H groups in total. The molecule has 2 rings (SSSR count). The van der Waals surface area contributed by atoms with Crippen molar-refractivity contribution in [3.05, 3.63) is 47.3 Å². The lowest BCUT2D eigenvalue weighted by Crippen LogP contribution is -2.42. The van der Waals surface area contributed by atoms with Crippen molar-refractivity contribution in [1.82, 2.24) is 10.2 Å². The van der Waals surface area contributed by atoms with E-state index < -0.39 is 17.5 Å². The van der Waals surface area contributed by atoms with E-state index in [0.717, 1.165) is 11.9 Å². The van der Waals surface area contributed by atoms with E-state index >= 15 is 0 Å². The van der Waals surface area contributed by atoms with Gasteiger partial charge in [0, 0.05) is 54.7 Å². The maximum Gasteiger partial charge on any atom is 0.433 e. The van der Waals surface area contributed by atoms with Gasteiger partial charge in [-0.05, 0) is 24.6 Å². The molecular weight excluding hydrogens is 425 g/mol. The van der Waals surface area contributed by atoms with Gasteiger partial charge >= 0.3 is 6.18 Å². The van der Waals surface area contributed by atoms with E-state index in [4.69, 9.17) is 16.6 Å². The number of rotatable bonds is 7. The van der Waals surface area contributed by atoms with Gasteiger partial charge in [0.1, 0.15) is 11.5 Å². The summed E-state index contributed by atoms with van der Waals surface area (Å²) in [5.41, 5.74) is 5.17. The van der Waals surface area contributed by atoms with Crippen LogP contribution in [-0.2, 0) is 4.79 Å². The van der Waals surface area contributed by atoms with Crippen LogP contribution in [0.3, 0.4) is 0 Å². The molecular formula is C21H27F3N6O2. The molecule has 0 aliphatic carbocycles. The van der Waals surface area contributed by atoms with Crippen molar-refractivity contribution in [3.63, 3.8) is 0 Å². The molecule has 0 spiro atoms.